The van der Waals surface area contributed by atoms with E-state index < -0.39 is 5.60 Å². The maximum atomic E-state index is 10.4. The van der Waals surface area contributed by atoms with Crippen molar-refractivity contribution in [3.05, 3.63) is 12.7 Å². The van der Waals surface area contributed by atoms with Gasteiger partial charge >= 0.3 is 0 Å². The van der Waals surface area contributed by atoms with E-state index in [4.69, 9.17) is 0 Å². The molecule has 0 fully saturated rings. The van der Waals surface area contributed by atoms with Crippen molar-refractivity contribution >= 4 is 0 Å². The first-order valence-corrected chi connectivity index (χ1v) is 5.01. The number of rotatable bonds is 4. The van der Waals surface area contributed by atoms with Gasteiger partial charge in [0.25, 0.3) is 0 Å². The van der Waals surface area contributed by atoms with Crippen LogP contribution in [-0.2, 0) is 6.54 Å². The first-order chi connectivity index (χ1) is 6.47. The molecule has 0 spiro atoms. The van der Waals surface area contributed by atoms with Crippen LogP contribution in [0, 0.1) is 11.8 Å². The highest BCUT2D eigenvalue weighted by atomic mass is 16.3. The molecule has 0 aliphatic heterocycles. The Morgan fingerprint density at radius 1 is 1.29 bits per heavy atom. The molecule has 1 aromatic rings. The Labute approximate surface area is 85.0 Å². The summed E-state index contributed by atoms with van der Waals surface area (Å²) in [5.41, 5.74) is -0.715. The molecule has 1 aromatic heterocycles. The third-order valence-corrected chi connectivity index (χ3v) is 2.88. The van der Waals surface area contributed by atoms with Crippen molar-refractivity contribution < 1.29 is 5.11 Å². The standard InChI is InChI=1S/C10H19N3O/c1-8(2)10(14,9(3)4)5-13-7-11-6-12-13/h6-9,14H,5H2,1-4H3. The van der Waals surface area contributed by atoms with Crippen molar-refractivity contribution in [3.63, 3.8) is 0 Å². The summed E-state index contributed by atoms with van der Waals surface area (Å²) in [6.45, 7) is 8.60. The molecular formula is C10H19N3O. The molecule has 0 bridgehead atoms. The Bertz CT molecular complexity index is 259. The van der Waals surface area contributed by atoms with Crippen LogP contribution in [0.25, 0.3) is 0 Å². The summed E-state index contributed by atoms with van der Waals surface area (Å²) >= 11 is 0. The topological polar surface area (TPSA) is 50.9 Å². The fourth-order valence-electron chi connectivity index (χ4n) is 1.61. The minimum absolute atomic E-state index is 0.201. The minimum Gasteiger partial charge on any atom is -0.387 e. The van der Waals surface area contributed by atoms with E-state index in [2.05, 4.69) is 10.1 Å². The van der Waals surface area contributed by atoms with Gasteiger partial charge in [0.15, 0.2) is 0 Å². The van der Waals surface area contributed by atoms with Crippen molar-refractivity contribution in [1.82, 2.24) is 14.8 Å². The summed E-state index contributed by atoms with van der Waals surface area (Å²) in [6.07, 6.45) is 3.12. The van der Waals surface area contributed by atoms with Gasteiger partial charge in [0, 0.05) is 0 Å². The van der Waals surface area contributed by atoms with Crippen molar-refractivity contribution in [3.8, 4) is 0 Å². The quantitative estimate of drug-likeness (QED) is 0.792. The zero-order chi connectivity index (χ0) is 10.8. The number of nitrogens with zero attached hydrogens (tertiary/aromatic N) is 3. The van der Waals surface area contributed by atoms with Crippen molar-refractivity contribution in [2.24, 2.45) is 11.8 Å². The van der Waals surface area contributed by atoms with Gasteiger partial charge in [-0.05, 0) is 11.8 Å². The summed E-state index contributed by atoms with van der Waals surface area (Å²) in [5, 5.41) is 14.5. The molecule has 0 amide bonds. The van der Waals surface area contributed by atoms with E-state index in [-0.39, 0.29) is 11.8 Å². The third-order valence-electron chi connectivity index (χ3n) is 2.88. The lowest BCUT2D eigenvalue weighted by atomic mass is 9.80. The van der Waals surface area contributed by atoms with Crippen LogP contribution in [0.3, 0.4) is 0 Å². The van der Waals surface area contributed by atoms with Gasteiger partial charge in [-0.2, -0.15) is 5.10 Å². The van der Waals surface area contributed by atoms with Crippen molar-refractivity contribution in [2.75, 3.05) is 0 Å². The van der Waals surface area contributed by atoms with E-state index in [1.807, 2.05) is 27.7 Å². The molecule has 80 valence electrons. The second-order valence-electron chi connectivity index (χ2n) is 4.39. The van der Waals surface area contributed by atoms with Crippen LogP contribution >= 0.6 is 0 Å². The lowest BCUT2D eigenvalue weighted by Crippen LogP contribution is -2.44. The number of aliphatic hydroxyl groups is 1. The Morgan fingerprint density at radius 3 is 2.21 bits per heavy atom. The highest BCUT2D eigenvalue weighted by Crippen LogP contribution is 2.27. The van der Waals surface area contributed by atoms with Gasteiger partial charge in [-0.15, -0.1) is 0 Å². The largest absolute Gasteiger partial charge is 0.387 e. The molecule has 4 nitrogen and oxygen atoms in total. The van der Waals surface area contributed by atoms with Gasteiger partial charge in [-0.1, -0.05) is 27.7 Å². The molecular weight excluding hydrogens is 178 g/mol. The first kappa shape index (κ1) is 11.2. The molecule has 0 radical (unpaired) electrons. The number of hydrogen-bond donors (Lipinski definition) is 1. The van der Waals surface area contributed by atoms with E-state index in [0.29, 0.717) is 6.54 Å². The molecule has 0 aliphatic carbocycles. The van der Waals surface area contributed by atoms with Crippen LogP contribution in [0.15, 0.2) is 12.7 Å². The Balaban J connectivity index is 2.80. The molecule has 1 rings (SSSR count). The molecule has 0 aliphatic rings. The lowest BCUT2D eigenvalue weighted by molar-refractivity contribution is -0.0632. The molecule has 0 saturated heterocycles. The van der Waals surface area contributed by atoms with Crippen LogP contribution in [0.2, 0.25) is 0 Å². The number of hydrogen-bond acceptors (Lipinski definition) is 3. The molecule has 1 N–H and O–H groups in total. The van der Waals surface area contributed by atoms with Gasteiger partial charge in [0.2, 0.25) is 0 Å². The molecule has 0 aromatic carbocycles. The van der Waals surface area contributed by atoms with E-state index in [9.17, 15) is 5.11 Å². The Kier molecular flexibility index (Phi) is 3.26. The van der Waals surface area contributed by atoms with Gasteiger partial charge in [-0.25, -0.2) is 4.98 Å². The highest BCUT2D eigenvalue weighted by molar-refractivity contribution is 4.85. The normalized spacial score (nSPS) is 12.8. The second-order valence-corrected chi connectivity index (χ2v) is 4.39. The highest BCUT2D eigenvalue weighted by Gasteiger charge is 2.35. The summed E-state index contributed by atoms with van der Waals surface area (Å²) in [7, 11) is 0. The number of aromatic nitrogens is 3. The molecule has 4 heteroatoms. The zero-order valence-corrected chi connectivity index (χ0v) is 9.31. The maximum Gasteiger partial charge on any atom is 0.137 e. The van der Waals surface area contributed by atoms with Gasteiger partial charge < -0.3 is 5.11 Å². The molecule has 1 heterocycles. The molecule has 0 saturated carbocycles. The smallest absolute Gasteiger partial charge is 0.137 e. The Hall–Kier alpha value is -0.900. The average molecular weight is 197 g/mol. The predicted molar refractivity (Wildman–Crippen MR) is 54.6 cm³/mol. The summed E-state index contributed by atoms with van der Waals surface area (Å²) in [6, 6.07) is 0. The summed E-state index contributed by atoms with van der Waals surface area (Å²) in [5.74, 6) is 0.401. The predicted octanol–water partition coefficient (Wildman–Crippen LogP) is 1.32. The summed E-state index contributed by atoms with van der Waals surface area (Å²) in [4.78, 5) is 3.87. The van der Waals surface area contributed by atoms with E-state index >= 15 is 0 Å². The fourth-order valence-corrected chi connectivity index (χ4v) is 1.61. The second kappa shape index (κ2) is 4.09. The fraction of sp³-hybridized carbons (Fsp3) is 0.800. The van der Waals surface area contributed by atoms with Crippen LogP contribution in [0.5, 0.6) is 0 Å². The summed E-state index contributed by atoms with van der Waals surface area (Å²) < 4.78 is 1.68. The molecule has 0 atom stereocenters. The van der Waals surface area contributed by atoms with Crippen LogP contribution in [0.1, 0.15) is 27.7 Å². The minimum atomic E-state index is -0.715. The van der Waals surface area contributed by atoms with E-state index in [1.54, 1.807) is 11.0 Å². The van der Waals surface area contributed by atoms with Gasteiger partial charge in [-0.3, -0.25) is 4.68 Å². The van der Waals surface area contributed by atoms with Gasteiger partial charge in [0.1, 0.15) is 12.7 Å². The average Bonchev–Trinajstić information content (AvgIpc) is 2.55. The SMILES string of the molecule is CC(C)C(O)(Cn1cncn1)C(C)C. The zero-order valence-electron chi connectivity index (χ0n) is 9.31. The Morgan fingerprint density at radius 2 is 1.86 bits per heavy atom. The third kappa shape index (κ3) is 2.12. The van der Waals surface area contributed by atoms with Crippen molar-refractivity contribution in [2.45, 2.75) is 39.8 Å². The first-order valence-electron chi connectivity index (χ1n) is 5.01. The van der Waals surface area contributed by atoms with Crippen molar-refractivity contribution in [1.29, 1.82) is 0 Å². The monoisotopic (exact) mass is 197 g/mol. The van der Waals surface area contributed by atoms with Crippen LogP contribution in [0.4, 0.5) is 0 Å². The molecule has 14 heavy (non-hydrogen) atoms. The van der Waals surface area contributed by atoms with E-state index in [0.717, 1.165) is 0 Å². The maximum absolute atomic E-state index is 10.4. The van der Waals surface area contributed by atoms with Crippen LogP contribution in [-0.4, -0.2) is 25.5 Å². The van der Waals surface area contributed by atoms with Crippen LogP contribution < -0.4 is 0 Å². The molecule has 0 unspecified atom stereocenters. The lowest BCUT2D eigenvalue weighted by Gasteiger charge is -2.35. The van der Waals surface area contributed by atoms with E-state index in [1.165, 1.54) is 6.33 Å². The van der Waals surface area contributed by atoms with Gasteiger partial charge in [0.05, 0.1) is 12.1 Å².